The first kappa shape index (κ1) is 13.5. The van der Waals surface area contributed by atoms with E-state index < -0.39 is 0 Å². The lowest BCUT2D eigenvalue weighted by Gasteiger charge is -2.24. The van der Waals surface area contributed by atoms with E-state index in [1.54, 1.807) is 0 Å². The highest BCUT2D eigenvalue weighted by Crippen LogP contribution is 2.24. The SMILES string of the molecule is CCC(CC)C(C)NC(=O)C1CCC(N)C1. The summed E-state index contributed by atoms with van der Waals surface area (Å²) in [6.07, 6.45) is 5.08. The normalized spacial score (nSPS) is 27.1. The minimum Gasteiger partial charge on any atom is -0.353 e. The lowest BCUT2D eigenvalue weighted by molar-refractivity contribution is -0.125. The Morgan fingerprint density at radius 1 is 1.38 bits per heavy atom. The molecule has 94 valence electrons. The summed E-state index contributed by atoms with van der Waals surface area (Å²) in [5.74, 6) is 0.971. The molecule has 1 amide bonds. The minimum atomic E-state index is 0.159. The second-order valence-electron chi connectivity index (χ2n) is 5.14. The maximum atomic E-state index is 12.0. The number of carbonyl (C=O) groups excluding carboxylic acids is 1. The Labute approximate surface area is 99.2 Å². The molecule has 0 aromatic carbocycles. The van der Waals surface area contributed by atoms with Crippen molar-refractivity contribution in [3.8, 4) is 0 Å². The van der Waals surface area contributed by atoms with Crippen LogP contribution in [0.2, 0.25) is 0 Å². The predicted octanol–water partition coefficient (Wildman–Crippen LogP) is 2.05. The van der Waals surface area contributed by atoms with E-state index in [9.17, 15) is 4.79 Å². The van der Waals surface area contributed by atoms with Crippen LogP contribution in [0.4, 0.5) is 0 Å². The topological polar surface area (TPSA) is 55.1 Å². The average Bonchev–Trinajstić information content (AvgIpc) is 2.66. The number of hydrogen-bond acceptors (Lipinski definition) is 2. The maximum absolute atomic E-state index is 12.0. The van der Waals surface area contributed by atoms with Crippen LogP contribution in [0.5, 0.6) is 0 Å². The van der Waals surface area contributed by atoms with E-state index in [1.807, 2.05) is 0 Å². The van der Waals surface area contributed by atoms with Gasteiger partial charge in [0.1, 0.15) is 0 Å². The van der Waals surface area contributed by atoms with Crippen molar-refractivity contribution in [3.05, 3.63) is 0 Å². The Kier molecular flexibility index (Phi) is 5.26. The zero-order chi connectivity index (χ0) is 12.1. The molecule has 0 radical (unpaired) electrons. The molecule has 3 heteroatoms. The van der Waals surface area contributed by atoms with Gasteiger partial charge in [0.2, 0.25) is 5.91 Å². The van der Waals surface area contributed by atoms with Gasteiger partial charge in [-0.3, -0.25) is 4.79 Å². The van der Waals surface area contributed by atoms with Crippen molar-refractivity contribution in [2.24, 2.45) is 17.6 Å². The molecule has 3 N–H and O–H groups in total. The van der Waals surface area contributed by atoms with Crippen LogP contribution in [0.25, 0.3) is 0 Å². The van der Waals surface area contributed by atoms with Crippen molar-refractivity contribution in [3.63, 3.8) is 0 Å². The molecule has 0 aromatic rings. The maximum Gasteiger partial charge on any atom is 0.223 e. The van der Waals surface area contributed by atoms with Gasteiger partial charge in [-0.2, -0.15) is 0 Å². The summed E-state index contributed by atoms with van der Waals surface area (Å²) < 4.78 is 0. The zero-order valence-electron chi connectivity index (χ0n) is 10.8. The van der Waals surface area contributed by atoms with Crippen LogP contribution >= 0.6 is 0 Å². The third-order valence-corrected chi connectivity index (χ3v) is 3.97. The first-order valence-electron chi connectivity index (χ1n) is 6.64. The van der Waals surface area contributed by atoms with Crippen molar-refractivity contribution in [1.29, 1.82) is 0 Å². The van der Waals surface area contributed by atoms with Crippen molar-refractivity contribution in [2.45, 2.75) is 65.0 Å². The molecule has 3 unspecified atom stereocenters. The first-order chi connectivity index (χ1) is 7.58. The molecule has 1 aliphatic rings. The third kappa shape index (κ3) is 3.48. The van der Waals surface area contributed by atoms with Gasteiger partial charge >= 0.3 is 0 Å². The summed E-state index contributed by atoms with van der Waals surface area (Å²) in [6, 6.07) is 0.526. The highest BCUT2D eigenvalue weighted by Gasteiger charge is 2.29. The van der Waals surface area contributed by atoms with Crippen molar-refractivity contribution in [2.75, 3.05) is 0 Å². The van der Waals surface area contributed by atoms with Gasteiger partial charge in [0, 0.05) is 18.0 Å². The smallest absolute Gasteiger partial charge is 0.223 e. The summed E-state index contributed by atoms with van der Waals surface area (Å²) in [7, 11) is 0. The van der Waals surface area contributed by atoms with E-state index in [-0.39, 0.29) is 17.9 Å². The summed E-state index contributed by atoms with van der Waals surface area (Å²) in [5, 5.41) is 3.15. The Hall–Kier alpha value is -0.570. The Balaban J connectivity index is 2.38. The average molecular weight is 226 g/mol. The molecule has 0 saturated heterocycles. The highest BCUT2D eigenvalue weighted by molar-refractivity contribution is 5.79. The van der Waals surface area contributed by atoms with Crippen LogP contribution in [-0.4, -0.2) is 18.0 Å². The fourth-order valence-corrected chi connectivity index (χ4v) is 2.71. The molecule has 0 spiro atoms. The second kappa shape index (κ2) is 6.24. The molecule has 1 aliphatic carbocycles. The second-order valence-corrected chi connectivity index (χ2v) is 5.14. The van der Waals surface area contributed by atoms with E-state index in [2.05, 4.69) is 26.1 Å². The number of nitrogens with two attached hydrogens (primary N) is 1. The van der Waals surface area contributed by atoms with E-state index in [1.165, 1.54) is 0 Å². The van der Waals surface area contributed by atoms with E-state index in [4.69, 9.17) is 5.73 Å². The van der Waals surface area contributed by atoms with Crippen LogP contribution < -0.4 is 11.1 Å². The molecule has 3 nitrogen and oxygen atoms in total. The molecule has 0 bridgehead atoms. The van der Waals surface area contributed by atoms with Crippen molar-refractivity contribution in [1.82, 2.24) is 5.32 Å². The van der Waals surface area contributed by atoms with Crippen molar-refractivity contribution >= 4 is 5.91 Å². The molecular weight excluding hydrogens is 200 g/mol. The van der Waals surface area contributed by atoms with E-state index in [0.717, 1.165) is 32.1 Å². The largest absolute Gasteiger partial charge is 0.353 e. The molecule has 16 heavy (non-hydrogen) atoms. The van der Waals surface area contributed by atoms with Crippen molar-refractivity contribution < 1.29 is 4.79 Å². The van der Waals surface area contributed by atoms with Gasteiger partial charge in [-0.25, -0.2) is 0 Å². The summed E-state index contributed by atoms with van der Waals surface area (Å²) in [5.41, 5.74) is 5.83. The number of hydrogen-bond donors (Lipinski definition) is 2. The van der Waals surface area contributed by atoms with Crippen LogP contribution in [0.3, 0.4) is 0 Å². The number of amides is 1. The van der Waals surface area contributed by atoms with Crippen LogP contribution in [0.15, 0.2) is 0 Å². The lowest BCUT2D eigenvalue weighted by Crippen LogP contribution is -2.40. The molecule has 1 rings (SSSR count). The van der Waals surface area contributed by atoms with Gasteiger partial charge < -0.3 is 11.1 Å². The summed E-state index contributed by atoms with van der Waals surface area (Å²) >= 11 is 0. The molecule has 0 aliphatic heterocycles. The van der Waals surface area contributed by atoms with Gasteiger partial charge in [0.05, 0.1) is 0 Å². The highest BCUT2D eigenvalue weighted by atomic mass is 16.1. The van der Waals surface area contributed by atoms with Gasteiger partial charge in [-0.15, -0.1) is 0 Å². The number of carbonyl (C=O) groups is 1. The molecule has 3 atom stereocenters. The van der Waals surface area contributed by atoms with Crippen LogP contribution in [0, 0.1) is 11.8 Å². The first-order valence-corrected chi connectivity index (χ1v) is 6.64. The quantitative estimate of drug-likeness (QED) is 0.754. The van der Waals surface area contributed by atoms with Gasteiger partial charge in [-0.1, -0.05) is 26.7 Å². The van der Waals surface area contributed by atoms with E-state index >= 15 is 0 Å². The monoisotopic (exact) mass is 226 g/mol. The Bertz CT molecular complexity index is 226. The van der Waals surface area contributed by atoms with Crippen LogP contribution in [0.1, 0.15) is 52.9 Å². The van der Waals surface area contributed by atoms with Gasteiger partial charge in [0.25, 0.3) is 0 Å². The minimum absolute atomic E-state index is 0.159. The summed E-state index contributed by atoms with van der Waals surface area (Å²) in [4.78, 5) is 12.0. The third-order valence-electron chi connectivity index (χ3n) is 3.97. The summed E-state index contributed by atoms with van der Waals surface area (Å²) in [6.45, 7) is 6.48. The zero-order valence-corrected chi connectivity index (χ0v) is 10.8. The molecular formula is C13H26N2O. The molecule has 0 heterocycles. The molecule has 1 fully saturated rings. The van der Waals surface area contributed by atoms with Crippen LogP contribution in [-0.2, 0) is 4.79 Å². The lowest BCUT2D eigenvalue weighted by atomic mass is 9.94. The standard InChI is InChI=1S/C13H26N2O/c1-4-10(5-2)9(3)15-13(16)11-6-7-12(14)8-11/h9-12H,4-8,14H2,1-3H3,(H,15,16). The van der Waals surface area contributed by atoms with Gasteiger partial charge in [-0.05, 0) is 32.1 Å². The number of nitrogens with one attached hydrogen (secondary N) is 1. The van der Waals surface area contributed by atoms with Gasteiger partial charge in [0.15, 0.2) is 0 Å². The number of rotatable bonds is 5. The molecule has 1 saturated carbocycles. The Morgan fingerprint density at radius 2 is 2.00 bits per heavy atom. The Morgan fingerprint density at radius 3 is 2.44 bits per heavy atom. The van der Waals surface area contributed by atoms with E-state index in [0.29, 0.717) is 12.0 Å². The fourth-order valence-electron chi connectivity index (χ4n) is 2.71. The predicted molar refractivity (Wildman–Crippen MR) is 67.0 cm³/mol. The fraction of sp³-hybridized carbons (Fsp3) is 0.923. The molecule has 0 aromatic heterocycles.